The topological polar surface area (TPSA) is 102 Å². The van der Waals surface area contributed by atoms with Gasteiger partial charge in [0.15, 0.2) is 9.84 Å². The van der Waals surface area contributed by atoms with Gasteiger partial charge in [-0.15, -0.1) is 16.9 Å². The Morgan fingerprint density at radius 3 is 2.43 bits per heavy atom. The van der Waals surface area contributed by atoms with Gasteiger partial charge in [0.2, 0.25) is 11.8 Å². The first kappa shape index (κ1) is 20.4. The Kier molecular flexibility index (Phi) is 6.38. The molecule has 7 nitrogen and oxygen atoms in total. The van der Waals surface area contributed by atoms with E-state index in [0.29, 0.717) is 17.3 Å². The Morgan fingerprint density at radius 2 is 1.79 bits per heavy atom. The first-order valence-electron chi connectivity index (χ1n) is 8.09. The molecule has 0 saturated heterocycles. The number of carbonyl (C=O) groups excluding carboxylic acids is 1. The van der Waals surface area contributed by atoms with Gasteiger partial charge in [0.1, 0.15) is 0 Å². The Labute approximate surface area is 171 Å². The van der Waals surface area contributed by atoms with Crippen molar-refractivity contribution >= 4 is 45.1 Å². The van der Waals surface area contributed by atoms with Crippen LogP contribution in [0.2, 0.25) is 5.02 Å². The van der Waals surface area contributed by atoms with Crippen molar-refractivity contribution in [1.82, 2.24) is 10.2 Å². The molecule has 0 aliphatic rings. The van der Waals surface area contributed by atoms with Crippen LogP contribution < -0.4 is 5.32 Å². The molecule has 1 amide bonds. The number of hydrogen-bond donors (Lipinski definition) is 1. The Balaban J connectivity index is 1.53. The van der Waals surface area contributed by atoms with Gasteiger partial charge in [-0.1, -0.05) is 28.8 Å². The normalized spacial score (nSPS) is 11.4. The van der Waals surface area contributed by atoms with Gasteiger partial charge in [-0.25, -0.2) is 8.42 Å². The number of nitrogens with zero attached hydrogens (tertiary/aromatic N) is 2. The summed E-state index contributed by atoms with van der Waals surface area (Å²) in [6.07, 6.45) is 1.48. The Morgan fingerprint density at radius 1 is 1.11 bits per heavy atom. The van der Waals surface area contributed by atoms with E-state index in [2.05, 4.69) is 15.5 Å². The minimum Gasteiger partial charge on any atom is -0.407 e. The van der Waals surface area contributed by atoms with Crippen molar-refractivity contribution in [3.05, 3.63) is 65.0 Å². The van der Waals surface area contributed by atoms with Crippen molar-refractivity contribution in [2.45, 2.75) is 16.2 Å². The molecule has 0 aliphatic carbocycles. The summed E-state index contributed by atoms with van der Waals surface area (Å²) in [5, 5.41) is 10.9. The van der Waals surface area contributed by atoms with E-state index in [1.165, 1.54) is 23.9 Å². The number of rotatable bonds is 7. The predicted molar refractivity (Wildman–Crippen MR) is 107 cm³/mol. The van der Waals surface area contributed by atoms with Crippen LogP contribution >= 0.6 is 23.4 Å². The lowest BCUT2D eigenvalue weighted by Gasteiger charge is -2.02. The zero-order chi connectivity index (χ0) is 20.1. The third-order valence-corrected chi connectivity index (χ3v) is 6.00. The van der Waals surface area contributed by atoms with Crippen LogP contribution in [0.5, 0.6) is 0 Å². The number of amides is 1. The maximum absolute atomic E-state index is 12.0. The molecule has 0 fully saturated rings. The lowest BCUT2D eigenvalue weighted by atomic mass is 10.1. The minimum atomic E-state index is -3.24. The molecule has 1 aromatic heterocycles. The molecule has 10 heteroatoms. The van der Waals surface area contributed by atoms with E-state index in [-0.39, 0.29) is 22.6 Å². The maximum atomic E-state index is 12.0. The van der Waals surface area contributed by atoms with E-state index in [0.717, 1.165) is 16.7 Å². The lowest BCUT2D eigenvalue weighted by molar-refractivity contribution is -0.113. The first-order valence-corrected chi connectivity index (χ1v) is 11.3. The van der Waals surface area contributed by atoms with Crippen LogP contribution in [0.15, 0.2) is 62.7 Å². The highest BCUT2D eigenvalue weighted by Crippen LogP contribution is 2.20. The average Bonchev–Trinajstić information content (AvgIpc) is 3.07. The number of anilines is 1. The molecule has 28 heavy (non-hydrogen) atoms. The van der Waals surface area contributed by atoms with E-state index < -0.39 is 9.84 Å². The lowest BCUT2D eigenvalue weighted by Crippen LogP contribution is -2.14. The highest BCUT2D eigenvalue weighted by molar-refractivity contribution is 8.00. The number of sulfone groups is 1. The zero-order valence-corrected chi connectivity index (χ0v) is 17.1. The fourth-order valence-electron chi connectivity index (χ4n) is 2.24. The number of benzene rings is 2. The summed E-state index contributed by atoms with van der Waals surface area (Å²) in [5.41, 5.74) is 0.812. The second-order valence-electron chi connectivity index (χ2n) is 5.88. The van der Waals surface area contributed by atoms with Gasteiger partial charge in [-0.05, 0) is 42.0 Å². The fraction of sp³-hybridized carbons (Fsp3) is 0.167. The molecule has 146 valence electrons. The largest absolute Gasteiger partial charge is 0.407 e. The summed E-state index contributed by atoms with van der Waals surface area (Å²) in [5.74, 6) is 0.229. The van der Waals surface area contributed by atoms with Crippen molar-refractivity contribution < 1.29 is 17.6 Å². The van der Waals surface area contributed by atoms with Crippen LogP contribution in [0, 0.1) is 0 Å². The SMILES string of the molecule is CS(=O)(=O)c1ccc(Cc2nnc(NC(=O)CSc3ccc(Cl)cc3)o2)cc1. The summed E-state index contributed by atoms with van der Waals surface area (Å²) in [7, 11) is -3.24. The Bertz CT molecular complexity index is 1060. The molecular weight excluding hydrogens is 422 g/mol. The van der Waals surface area contributed by atoms with Gasteiger partial charge in [0, 0.05) is 16.2 Å². The molecule has 3 rings (SSSR count). The first-order chi connectivity index (χ1) is 13.3. The van der Waals surface area contributed by atoms with Crippen LogP contribution in [-0.4, -0.2) is 36.5 Å². The molecule has 0 spiro atoms. The van der Waals surface area contributed by atoms with Crippen LogP contribution in [-0.2, 0) is 21.1 Å². The monoisotopic (exact) mass is 437 g/mol. The summed E-state index contributed by atoms with van der Waals surface area (Å²) >= 11 is 7.19. The quantitative estimate of drug-likeness (QED) is 0.564. The smallest absolute Gasteiger partial charge is 0.322 e. The summed E-state index contributed by atoms with van der Waals surface area (Å²) in [4.78, 5) is 13.2. The number of aromatic nitrogens is 2. The van der Waals surface area contributed by atoms with Crippen LogP contribution in [0.1, 0.15) is 11.5 Å². The van der Waals surface area contributed by atoms with E-state index in [4.69, 9.17) is 16.0 Å². The average molecular weight is 438 g/mol. The summed E-state index contributed by atoms with van der Waals surface area (Å²) < 4.78 is 28.4. The Hall–Kier alpha value is -2.36. The molecule has 0 bridgehead atoms. The molecule has 0 atom stereocenters. The van der Waals surface area contributed by atoms with Crippen molar-refractivity contribution in [1.29, 1.82) is 0 Å². The third-order valence-electron chi connectivity index (χ3n) is 3.60. The van der Waals surface area contributed by atoms with Crippen LogP contribution in [0.3, 0.4) is 0 Å². The predicted octanol–water partition coefficient (Wildman–Crippen LogP) is 3.45. The number of carbonyl (C=O) groups is 1. The number of halogens is 1. The molecule has 0 radical (unpaired) electrons. The van der Waals surface area contributed by atoms with Gasteiger partial charge in [0.25, 0.3) is 0 Å². The third kappa shape index (κ3) is 5.82. The van der Waals surface area contributed by atoms with Crippen LogP contribution in [0.4, 0.5) is 6.01 Å². The minimum absolute atomic E-state index is 0.0180. The van der Waals surface area contributed by atoms with Gasteiger partial charge < -0.3 is 4.42 Å². The van der Waals surface area contributed by atoms with Gasteiger partial charge >= 0.3 is 6.01 Å². The van der Waals surface area contributed by atoms with Crippen molar-refractivity contribution in [2.75, 3.05) is 17.3 Å². The second-order valence-corrected chi connectivity index (χ2v) is 9.39. The standard InChI is InChI=1S/C18H16ClN3O4S2/c1-28(24,25)15-8-2-12(3-9-15)10-17-21-22-18(26-17)20-16(23)11-27-14-6-4-13(19)5-7-14/h2-9H,10-11H2,1H3,(H,20,22,23). The molecule has 0 aliphatic heterocycles. The van der Waals surface area contributed by atoms with E-state index in [1.807, 2.05) is 12.1 Å². The fourth-order valence-corrected chi connectivity index (χ4v) is 3.69. The van der Waals surface area contributed by atoms with Crippen molar-refractivity contribution in [2.24, 2.45) is 0 Å². The molecule has 3 aromatic rings. The highest BCUT2D eigenvalue weighted by atomic mass is 35.5. The van der Waals surface area contributed by atoms with Crippen molar-refractivity contribution in [3.8, 4) is 0 Å². The van der Waals surface area contributed by atoms with E-state index in [9.17, 15) is 13.2 Å². The molecule has 1 heterocycles. The maximum Gasteiger partial charge on any atom is 0.322 e. The second kappa shape index (κ2) is 8.76. The summed E-state index contributed by atoms with van der Waals surface area (Å²) in [6.45, 7) is 0. The number of thioether (sulfide) groups is 1. The van der Waals surface area contributed by atoms with Crippen LogP contribution in [0.25, 0.3) is 0 Å². The molecular formula is C18H16ClN3O4S2. The van der Waals surface area contributed by atoms with Gasteiger partial charge in [-0.2, -0.15) is 0 Å². The molecule has 0 saturated carbocycles. The van der Waals surface area contributed by atoms with E-state index in [1.54, 1.807) is 24.3 Å². The van der Waals surface area contributed by atoms with Gasteiger partial charge in [-0.3, -0.25) is 10.1 Å². The van der Waals surface area contributed by atoms with E-state index >= 15 is 0 Å². The van der Waals surface area contributed by atoms with Gasteiger partial charge in [0.05, 0.1) is 17.1 Å². The summed E-state index contributed by atoms with van der Waals surface area (Å²) in [6, 6.07) is 13.6. The zero-order valence-electron chi connectivity index (χ0n) is 14.8. The number of nitrogens with one attached hydrogen (secondary N) is 1. The van der Waals surface area contributed by atoms with Crippen molar-refractivity contribution in [3.63, 3.8) is 0 Å². The molecule has 2 aromatic carbocycles. The molecule has 0 unspecified atom stereocenters. The molecule has 1 N–H and O–H groups in total. The highest BCUT2D eigenvalue weighted by Gasteiger charge is 2.12. The number of hydrogen-bond acceptors (Lipinski definition) is 7.